The van der Waals surface area contributed by atoms with Crippen LogP contribution in [0.5, 0.6) is 6.01 Å². The molecule has 2 heterocycles. The van der Waals surface area contributed by atoms with E-state index in [0.29, 0.717) is 17.8 Å². The van der Waals surface area contributed by atoms with Crippen LogP contribution in [0.3, 0.4) is 0 Å². The number of aryl methyl sites for hydroxylation is 2. The second kappa shape index (κ2) is 8.62. The Labute approximate surface area is 188 Å². The molecule has 32 heavy (non-hydrogen) atoms. The number of carbonyl (C=O) groups is 2. The fourth-order valence-electron chi connectivity index (χ4n) is 3.99. The summed E-state index contributed by atoms with van der Waals surface area (Å²) >= 11 is 5.82. The minimum Gasteiger partial charge on any atom is -0.373 e. The summed E-state index contributed by atoms with van der Waals surface area (Å²) < 4.78 is 21.9. The van der Waals surface area contributed by atoms with Crippen molar-refractivity contribution in [3.8, 4) is 6.01 Å². The monoisotopic (exact) mass is 460 g/mol. The van der Waals surface area contributed by atoms with Gasteiger partial charge >= 0.3 is 12.1 Å². The third kappa shape index (κ3) is 4.18. The van der Waals surface area contributed by atoms with Gasteiger partial charge in [-0.1, -0.05) is 11.6 Å². The molecule has 0 aliphatic heterocycles. The average Bonchev–Trinajstić information content (AvgIpc) is 3.31. The van der Waals surface area contributed by atoms with Gasteiger partial charge in [-0.25, -0.2) is 9.18 Å². The number of fused-ring (bicyclic) bond motifs is 1. The number of ether oxygens (including phenoxy) is 1. The number of halogens is 2. The third-order valence-electron chi connectivity index (χ3n) is 5.49. The van der Waals surface area contributed by atoms with E-state index in [2.05, 4.69) is 15.4 Å². The number of nitrogens with zero attached hydrogens (tertiary/aromatic N) is 5. The van der Waals surface area contributed by atoms with Gasteiger partial charge in [-0.2, -0.15) is 4.98 Å². The van der Waals surface area contributed by atoms with Gasteiger partial charge in [-0.15, -0.1) is 5.10 Å². The Kier molecular flexibility index (Phi) is 5.88. The largest absolute Gasteiger partial charge is 0.417 e. The average molecular weight is 461 g/mol. The lowest BCUT2D eigenvalue weighted by Crippen LogP contribution is -2.35. The maximum Gasteiger partial charge on any atom is 0.417 e. The number of hydrogen-bond donors (Lipinski definition) is 1. The molecule has 2 aromatic heterocycles. The maximum atomic E-state index is 13.4. The fraction of sp³-hybridized carbons (Fsp3) is 0.333. The molecular formula is C21H22ClFN6O3. The normalized spacial score (nSPS) is 15.2. The van der Waals surface area contributed by atoms with E-state index in [9.17, 15) is 14.0 Å². The van der Waals surface area contributed by atoms with Crippen LogP contribution in [0.2, 0.25) is 5.02 Å². The Bertz CT molecular complexity index is 1190. The molecule has 4 rings (SSSR count). The fourth-order valence-corrected chi connectivity index (χ4v) is 4.17. The van der Waals surface area contributed by atoms with Gasteiger partial charge < -0.3 is 19.5 Å². The number of benzene rings is 1. The van der Waals surface area contributed by atoms with E-state index in [0.717, 1.165) is 24.0 Å². The predicted octanol–water partition coefficient (Wildman–Crippen LogP) is 3.71. The van der Waals surface area contributed by atoms with Gasteiger partial charge in [0.1, 0.15) is 17.8 Å². The molecule has 1 aliphatic carbocycles. The third-order valence-corrected chi connectivity index (χ3v) is 5.78. The van der Waals surface area contributed by atoms with Crippen LogP contribution in [0.4, 0.5) is 14.9 Å². The van der Waals surface area contributed by atoms with E-state index in [1.165, 1.54) is 34.1 Å². The van der Waals surface area contributed by atoms with E-state index in [-0.39, 0.29) is 23.0 Å². The van der Waals surface area contributed by atoms with E-state index in [1.807, 2.05) is 6.20 Å². The second-order valence-electron chi connectivity index (χ2n) is 7.69. The Morgan fingerprint density at radius 1 is 1.34 bits per heavy atom. The van der Waals surface area contributed by atoms with Crippen LogP contribution in [0.25, 0.3) is 0 Å². The predicted molar refractivity (Wildman–Crippen MR) is 115 cm³/mol. The van der Waals surface area contributed by atoms with Crippen molar-refractivity contribution in [3.05, 3.63) is 58.4 Å². The molecule has 1 aromatic carbocycles. The van der Waals surface area contributed by atoms with Crippen LogP contribution in [0.15, 0.2) is 30.7 Å². The van der Waals surface area contributed by atoms with Crippen LogP contribution >= 0.6 is 11.6 Å². The molecule has 0 bridgehead atoms. The standard InChI is InChI=1S/C21H22ClFN6O3/c1-27-10-14-13(18(27)19(30)25-12-7-8-16(23)15(22)9-12)5-4-6-17(14)29(3)21(31)32-20-24-11-28(2)26-20/h7-11,17H,4-6H2,1-3H3,(H,25,30). The second-order valence-corrected chi connectivity index (χ2v) is 8.10. The Morgan fingerprint density at radius 2 is 2.12 bits per heavy atom. The lowest BCUT2D eigenvalue weighted by molar-refractivity contribution is 0.101. The van der Waals surface area contributed by atoms with Crippen LogP contribution in [-0.4, -0.2) is 43.3 Å². The minimum absolute atomic E-state index is 0.0218. The molecule has 1 aliphatic rings. The van der Waals surface area contributed by atoms with E-state index in [1.54, 1.807) is 25.7 Å². The molecular weight excluding hydrogens is 439 g/mol. The molecule has 0 fully saturated rings. The number of carbonyl (C=O) groups excluding carboxylic acids is 2. The van der Waals surface area contributed by atoms with Crippen LogP contribution in [0.1, 0.15) is 40.5 Å². The van der Waals surface area contributed by atoms with E-state index in [4.69, 9.17) is 16.3 Å². The van der Waals surface area contributed by atoms with Crippen molar-refractivity contribution in [3.63, 3.8) is 0 Å². The lowest BCUT2D eigenvalue weighted by atomic mass is 9.88. The number of rotatable bonds is 4. The molecule has 0 spiro atoms. The van der Waals surface area contributed by atoms with Gasteiger partial charge in [0.2, 0.25) is 0 Å². The lowest BCUT2D eigenvalue weighted by Gasteiger charge is -2.30. The molecule has 1 N–H and O–H groups in total. The number of amides is 2. The van der Waals surface area contributed by atoms with Gasteiger partial charge in [0.25, 0.3) is 5.91 Å². The quantitative estimate of drug-likeness (QED) is 0.640. The van der Waals surface area contributed by atoms with Gasteiger partial charge in [-0.05, 0) is 48.6 Å². The zero-order valence-corrected chi connectivity index (χ0v) is 18.6. The van der Waals surface area contributed by atoms with E-state index >= 15 is 0 Å². The molecule has 0 saturated carbocycles. The zero-order chi connectivity index (χ0) is 23.0. The van der Waals surface area contributed by atoms with Gasteiger partial charge in [0.15, 0.2) is 0 Å². The van der Waals surface area contributed by atoms with Crippen molar-refractivity contribution < 1.29 is 18.7 Å². The van der Waals surface area contributed by atoms with Gasteiger partial charge in [0.05, 0.1) is 11.1 Å². The van der Waals surface area contributed by atoms with Crippen molar-refractivity contribution in [2.45, 2.75) is 25.3 Å². The molecule has 0 radical (unpaired) electrons. The first-order valence-electron chi connectivity index (χ1n) is 9.99. The van der Waals surface area contributed by atoms with E-state index < -0.39 is 11.9 Å². The van der Waals surface area contributed by atoms with Gasteiger partial charge in [0, 0.05) is 33.0 Å². The highest BCUT2D eigenvalue weighted by Gasteiger charge is 2.33. The van der Waals surface area contributed by atoms with Crippen LogP contribution < -0.4 is 10.1 Å². The maximum absolute atomic E-state index is 13.4. The Balaban J connectivity index is 1.56. The Hall–Kier alpha value is -3.40. The molecule has 3 aromatic rings. The summed E-state index contributed by atoms with van der Waals surface area (Å²) in [6, 6.07) is 3.73. The van der Waals surface area contributed by atoms with Crippen LogP contribution in [-0.2, 0) is 20.5 Å². The molecule has 1 atom stereocenters. The molecule has 11 heteroatoms. The molecule has 9 nitrogen and oxygen atoms in total. The summed E-state index contributed by atoms with van der Waals surface area (Å²) in [5, 5.41) is 6.66. The molecule has 2 amide bonds. The van der Waals surface area contributed by atoms with Crippen molar-refractivity contribution in [2.24, 2.45) is 14.1 Å². The number of anilines is 1. The number of nitrogens with one attached hydrogen (secondary N) is 1. The zero-order valence-electron chi connectivity index (χ0n) is 17.8. The first-order valence-corrected chi connectivity index (χ1v) is 10.4. The number of aromatic nitrogens is 4. The summed E-state index contributed by atoms with van der Waals surface area (Å²) in [6.07, 6.45) is 4.94. The van der Waals surface area contributed by atoms with Gasteiger partial charge in [-0.3, -0.25) is 9.48 Å². The smallest absolute Gasteiger partial charge is 0.373 e. The highest BCUT2D eigenvalue weighted by molar-refractivity contribution is 6.31. The summed E-state index contributed by atoms with van der Waals surface area (Å²) in [6.45, 7) is 0. The molecule has 168 valence electrons. The molecule has 1 unspecified atom stereocenters. The first-order chi connectivity index (χ1) is 15.2. The minimum atomic E-state index is -0.579. The first kappa shape index (κ1) is 21.8. The van der Waals surface area contributed by atoms with Crippen LogP contribution in [0, 0.1) is 5.82 Å². The summed E-state index contributed by atoms with van der Waals surface area (Å²) in [5.74, 6) is -0.889. The number of hydrogen-bond acceptors (Lipinski definition) is 5. The Morgan fingerprint density at radius 3 is 2.81 bits per heavy atom. The van der Waals surface area contributed by atoms with Crippen molar-refractivity contribution in [2.75, 3.05) is 12.4 Å². The summed E-state index contributed by atoms with van der Waals surface area (Å²) in [4.78, 5) is 31.1. The topological polar surface area (TPSA) is 94.3 Å². The SMILES string of the molecule is CN(C(=O)Oc1ncn(C)n1)C1CCCc2c1cn(C)c2C(=O)Nc1ccc(F)c(Cl)c1. The highest BCUT2D eigenvalue weighted by atomic mass is 35.5. The summed E-state index contributed by atoms with van der Waals surface area (Å²) in [5.41, 5.74) is 2.63. The van der Waals surface area contributed by atoms with Crippen molar-refractivity contribution >= 4 is 29.3 Å². The van der Waals surface area contributed by atoms with Crippen molar-refractivity contribution in [1.29, 1.82) is 0 Å². The highest BCUT2D eigenvalue weighted by Crippen LogP contribution is 2.37. The van der Waals surface area contributed by atoms with Crippen molar-refractivity contribution in [1.82, 2.24) is 24.2 Å². The molecule has 0 saturated heterocycles. The summed E-state index contributed by atoms with van der Waals surface area (Å²) in [7, 11) is 5.11.